The Labute approximate surface area is 104 Å². The zero-order valence-corrected chi connectivity index (χ0v) is 11.4. The predicted octanol–water partition coefficient (Wildman–Crippen LogP) is 2.59. The van der Waals surface area contributed by atoms with Crippen LogP contribution in [0.5, 0.6) is 0 Å². The van der Waals surface area contributed by atoms with E-state index in [0.29, 0.717) is 0 Å². The van der Waals surface area contributed by atoms with Crippen molar-refractivity contribution in [3.05, 3.63) is 34.3 Å². The van der Waals surface area contributed by atoms with Gasteiger partial charge in [0.15, 0.2) is 0 Å². The van der Waals surface area contributed by atoms with Gasteiger partial charge in [0.05, 0.1) is 5.25 Å². The summed E-state index contributed by atoms with van der Waals surface area (Å²) < 4.78 is 27.2. The first-order valence-electron chi connectivity index (χ1n) is 5.25. The average molecular weight is 304 g/mol. The zero-order chi connectivity index (χ0) is 11.8. The van der Waals surface area contributed by atoms with Crippen LogP contribution in [0.4, 0.5) is 0 Å². The van der Waals surface area contributed by atoms with Gasteiger partial charge in [-0.25, -0.2) is 13.1 Å². The molecular weight excluding hydrogens is 290 g/mol. The lowest BCUT2D eigenvalue weighted by Crippen LogP contribution is -2.29. The Balaban J connectivity index is 2.11. The van der Waals surface area contributed by atoms with Gasteiger partial charge in [0.2, 0.25) is 10.0 Å². The Morgan fingerprint density at radius 1 is 1.44 bits per heavy atom. The van der Waals surface area contributed by atoms with Gasteiger partial charge >= 0.3 is 0 Å². The zero-order valence-electron chi connectivity index (χ0n) is 8.98. The van der Waals surface area contributed by atoms with Crippen LogP contribution >= 0.6 is 15.9 Å². The van der Waals surface area contributed by atoms with Crippen molar-refractivity contribution < 1.29 is 8.42 Å². The van der Waals surface area contributed by atoms with E-state index in [9.17, 15) is 8.42 Å². The molecule has 1 atom stereocenters. The highest BCUT2D eigenvalue weighted by molar-refractivity contribution is 9.10. The van der Waals surface area contributed by atoms with Crippen molar-refractivity contribution >= 4 is 26.0 Å². The molecule has 0 radical (unpaired) electrons. The second kappa shape index (κ2) is 4.47. The van der Waals surface area contributed by atoms with E-state index in [4.69, 9.17) is 0 Å². The summed E-state index contributed by atoms with van der Waals surface area (Å²) in [6.07, 6.45) is 1.58. The van der Waals surface area contributed by atoms with Gasteiger partial charge in [-0.15, -0.1) is 0 Å². The third kappa shape index (κ3) is 2.84. The van der Waals surface area contributed by atoms with Crippen LogP contribution in [-0.2, 0) is 10.0 Å². The number of halogens is 1. The standard InChI is InChI=1S/C11H14BrNO2S/c1-8(9-3-2-4-10(12)7-9)13-16(14,15)11-5-6-11/h2-4,7-8,11,13H,5-6H2,1H3. The Bertz CT molecular complexity index is 483. The number of nitrogens with one attached hydrogen (secondary N) is 1. The molecule has 16 heavy (non-hydrogen) atoms. The Morgan fingerprint density at radius 3 is 2.69 bits per heavy atom. The maximum Gasteiger partial charge on any atom is 0.215 e. The summed E-state index contributed by atoms with van der Waals surface area (Å²) in [6, 6.07) is 7.50. The van der Waals surface area contributed by atoms with Crippen LogP contribution in [0.3, 0.4) is 0 Å². The van der Waals surface area contributed by atoms with Crippen LogP contribution in [0.25, 0.3) is 0 Å². The second-order valence-corrected chi connectivity index (χ2v) is 7.05. The van der Waals surface area contributed by atoms with Crippen molar-refractivity contribution in [3.8, 4) is 0 Å². The lowest BCUT2D eigenvalue weighted by Gasteiger charge is -2.14. The fourth-order valence-corrected chi connectivity index (χ4v) is 3.56. The fraction of sp³-hybridized carbons (Fsp3) is 0.455. The Kier molecular flexibility index (Phi) is 3.37. The van der Waals surface area contributed by atoms with Gasteiger partial charge in [0.1, 0.15) is 0 Å². The van der Waals surface area contributed by atoms with Crippen molar-refractivity contribution in [2.75, 3.05) is 0 Å². The average Bonchev–Trinajstić information content (AvgIpc) is 3.00. The summed E-state index contributed by atoms with van der Waals surface area (Å²) in [7, 11) is -3.11. The van der Waals surface area contributed by atoms with Crippen LogP contribution in [0.1, 0.15) is 31.4 Å². The van der Waals surface area contributed by atoms with E-state index in [-0.39, 0.29) is 11.3 Å². The van der Waals surface area contributed by atoms with Crippen molar-refractivity contribution in [2.45, 2.75) is 31.1 Å². The van der Waals surface area contributed by atoms with E-state index in [1.807, 2.05) is 31.2 Å². The molecule has 88 valence electrons. The summed E-state index contributed by atoms with van der Waals surface area (Å²) in [5.74, 6) is 0. The molecular formula is C11H14BrNO2S. The van der Waals surface area contributed by atoms with Crippen LogP contribution < -0.4 is 4.72 Å². The maximum atomic E-state index is 11.7. The van der Waals surface area contributed by atoms with E-state index in [2.05, 4.69) is 20.7 Å². The molecule has 1 aliphatic rings. The van der Waals surface area contributed by atoms with Crippen LogP contribution in [-0.4, -0.2) is 13.7 Å². The first-order chi connectivity index (χ1) is 7.49. The smallest absolute Gasteiger partial charge is 0.212 e. The number of hydrogen-bond donors (Lipinski definition) is 1. The Morgan fingerprint density at radius 2 is 2.12 bits per heavy atom. The van der Waals surface area contributed by atoms with Crippen molar-refractivity contribution in [3.63, 3.8) is 0 Å². The third-order valence-electron chi connectivity index (χ3n) is 2.65. The van der Waals surface area contributed by atoms with E-state index in [1.54, 1.807) is 0 Å². The second-order valence-electron chi connectivity index (χ2n) is 4.14. The van der Waals surface area contributed by atoms with E-state index in [0.717, 1.165) is 22.9 Å². The van der Waals surface area contributed by atoms with Crippen LogP contribution in [0, 0.1) is 0 Å². The molecule has 1 N–H and O–H groups in total. The summed E-state index contributed by atoms with van der Waals surface area (Å²) in [4.78, 5) is 0. The molecule has 0 aliphatic heterocycles. The number of rotatable bonds is 4. The summed E-state index contributed by atoms with van der Waals surface area (Å²) in [5.41, 5.74) is 0.971. The molecule has 3 nitrogen and oxygen atoms in total. The van der Waals surface area contributed by atoms with Crippen LogP contribution in [0.2, 0.25) is 0 Å². The summed E-state index contributed by atoms with van der Waals surface area (Å²) in [5, 5.41) is -0.165. The largest absolute Gasteiger partial charge is 0.215 e. The highest BCUT2D eigenvalue weighted by Crippen LogP contribution is 2.29. The molecule has 0 aromatic heterocycles. The minimum Gasteiger partial charge on any atom is -0.212 e. The quantitative estimate of drug-likeness (QED) is 0.929. The number of sulfonamides is 1. The van der Waals surface area contributed by atoms with Gasteiger partial charge in [0, 0.05) is 10.5 Å². The van der Waals surface area contributed by atoms with Gasteiger partial charge in [0.25, 0.3) is 0 Å². The molecule has 1 aliphatic carbocycles. The minimum atomic E-state index is -3.11. The van der Waals surface area contributed by atoms with Crippen molar-refractivity contribution in [1.29, 1.82) is 0 Å². The third-order valence-corrected chi connectivity index (χ3v) is 5.18. The number of benzene rings is 1. The van der Waals surface area contributed by atoms with Gasteiger partial charge in [-0.2, -0.15) is 0 Å². The lowest BCUT2D eigenvalue weighted by atomic mass is 10.1. The monoisotopic (exact) mass is 303 g/mol. The normalized spacial score (nSPS) is 18.4. The predicted molar refractivity (Wildman–Crippen MR) is 67.6 cm³/mol. The molecule has 2 rings (SSSR count). The molecule has 0 saturated heterocycles. The fourth-order valence-electron chi connectivity index (χ4n) is 1.56. The van der Waals surface area contributed by atoms with E-state index < -0.39 is 10.0 Å². The molecule has 5 heteroatoms. The first-order valence-corrected chi connectivity index (χ1v) is 7.59. The van der Waals surface area contributed by atoms with Gasteiger partial charge in [-0.1, -0.05) is 28.1 Å². The van der Waals surface area contributed by atoms with E-state index in [1.165, 1.54) is 0 Å². The maximum absolute atomic E-state index is 11.7. The van der Waals surface area contributed by atoms with Crippen molar-refractivity contribution in [2.24, 2.45) is 0 Å². The minimum absolute atomic E-state index is 0.165. The molecule has 0 bridgehead atoms. The molecule has 0 spiro atoms. The lowest BCUT2D eigenvalue weighted by molar-refractivity contribution is 0.565. The molecule has 1 fully saturated rings. The molecule has 0 heterocycles. The summed E-state index contributed by atoms with van der Waals surface area (Å²) in [6.45, 7) is 1.86. The highest BCUT2D eigenvalue weighted by atomic mass is 79.9. The highest BCUT2D eigenvalue weighted by Gasteiger charge is 2.36. The van der Waals surface area contributed by atoms with Gasteiger partial charge < -0.3 is 0 Å². The first kappa shape index (κ1) is 12.1. The SMILES string of the molecule is CC(NS(=O)(=O)C1CC1)c1cccc(Br)c1. The Hall–Kier alpha value is -0.390. The molecule has 1 aromatic carbocycles. The van der Waals surface area contributed by atoms with Crippen LogP contribution in [0.15, 0.2) is 28.7 Å². The summed E-state index contributed by atoms with van der Waals surface area (Å²) >= 11 is 3.37. The molecule has 1 aromatic rings. The van der Waals surface area contributed by atoms with Gasteiger partial charge in [-0.3, -0.25) is 0 Å². The molecule has 0 amide bonds. The molecule has 1 unspecified atom stereocenters. The number of hydrogen-bond acceptors (Lipinski definition) is 2. The van der Waals surface area contributed by atoms with E-state index >= 15 is 0 Å². The van der Waals surface area contributed by atoms with Gasteiger partial charge in [-0.05, 0) is 37.5 Å². The molecule has 1 saturated carbocycles. The topological polar surface area (TPSA) is 46.2 Å². The van der Waals surface area contributed by atoms with Crippen molar-refractivity contribution in [1.82, 2.24) is 4.72 Å².